The minimum absolute atomic E-state index is 0.0869. The number of rotatable bonds is 8. The highest BCUT2D eigenvalue weighted by Gasteiger charge is 2.29. The molecule has 2 amide bonds. The molecule has 0 saturated carbocycles. The number of amides is 2. The lowest BCUT2D eigenvalue weighted by Gasteiger charge is -2.25. The van der Waals surface area contributed by atoms with Crippen LogP contribution in [0, 0.1) is 6.92 Å². The molecule has 1 aliphatic heterocycles. The molecule has 154 valence electrons. The Morgan fingerprint density at radius 2 is 1.83 bits per heavy atom. The highest BCUT2D eigenvalue weighted by Crippen LogP contribution is 2.33. The molecule has 1 N–H and O–H groups in total. The first-order chi connectivity index (χ1) is 14.1. The first-order valence-corrected chi connectivity index (χ1v) is 11.2. The van der Waals surface area contributed by atoms with E-state index in [1.54, 1.807) is 0 Å². The molecular formula is C23H28N2O3S. The molecule has 6 heteroatoms. The van der Waals surface area contributed by atoms with Crippen LogP contribution in [0.1, 0.15) is 36.9 Å². The Balaban J connectivity index is 1.47. The van der Waals surface area contributed by atoms with Crippen molar-refractivity contribution < 1.29 is 14.3 Å². The van der Waals surface area contributed by atoms with Crippen molar-refractivity contribution in [2.45, 2.75) is 32.7 Å². The Bertz CT molecular complexity index is 821. The Labute approximate surface area is 176 Å². The third-order valence-electron chi connectivity index (χ3n) is 4.94. The summed E-state index contributed by atoms with van der Waals surface area (Å²) in [6.45, 7) is 5.38. The molecule has 1 aliphatic rings. The lowest BCUT2D eigenvalue weighted by Crippen LogP contribution is -2.32. The summed E-state index contributed by atoms with van der Waals surface area (Å²) in [4.78, 5) is 26.8. The minimum atomic E-state index is -0.0869. The van der Waals surface area contributed by atoms with E-state index < -0.39 is 0 Å². The van der Waals surface area contributed by atoms with Gasteiger partial charge in [-0.2, -0.15) is 0 Å². The van der Waals surface area contributed by atoms with Crippen LogP contribution in [0.3, 0.4) is 0 Å². The van der Waals surface area contributed by atoms with E-state index >= 15 is 0 Å². The monoisotopic (exact) mass is 412 g/mol. The van der Waals surface area contributed by atoms with Crippen molar-refractivity contribution in [1.29, 1.82) is 0 Å². The summed E-state index contributed by atoms with van der Waals surface area (Å²) >= 11 is 1.36. The fourth-order valence-corrected chi connectivity index (χ4v) is 4.21. The molecule has 5 nitrogen and oxygen atoms in total. The van der Waals surface area contributed by atoms with Crippen molar-refractivity contribution in [2.24, 2.45) is 0 Å². The number of carbonyl (C=O) groups excluding carboxylic acids is 2. The van der Waals surface area contributed by atoms with Crippen LogP contribution in [0.2, 0.25) is 0 Å². The van der Waals surface area contributed by atoms with Crippen molar-refractivity contribution in [2.75, 3.05) is 30.0 Å². The van der Waals surface area contributed by atoms with Gasteiger partial charge in [0.15, 0.2) is 0 Å². The number of aryl methyl sites for hydroxylation is 1. The van der Waals surface area contributed by atoms with E-state index in [0.717, 1.165) is 42.0 Å². The van der Waals surface area contributed by atoms with Crippen LogP contribution in [0.4, 0.5) is 5.69 Å². The largest absolute Gasteiger partial charge is 0.494 e. The highest BCUT2D eigenvalue weighted by atomic mass is 32.2. The van der Waals surface area contributed by atoms with Crippen LogP contribution in [0.25, 0.3) is 0 Å². The van der Waals surface area contributed by atoms with E-state index in [2.05, 4.69) is 5.32 Å². The summed E-state index contributed by atoms with van der Waals surface area (Å²) in [7, 11) is 0. The Hall–Kier alpha value is -2.47. The Morgan fingerprint density at radius 1 is 1.10 bits per heavy atom. The summed E-state index contributed by atoms with van der Waals surface area (Å²) in [5.74, 6) is 1.43. The fraction of sp³-hybridized carbons (Fsp3) is 0.391. The van der Waals surface area contributed by atoms with Gasteiger partial charge >= 0.3 is 0 Å². The summed E-state index contributed by atoms with van der Waals surface area (Å²) in [6.07, 6.45) is 1.97. The molecule has 1 saturated heterocycles. The number of likely N-dealkylation sites (tertiary alicyclic amines) is 1. The number of benzene rings is 2. The maximum atomic E-state index is 12.7. The predicted octanol–water partition coefficient (Wildman–Crippen LogP) is 4.43. The van der Waals surface area contributed by atoms with Crippen molar-refractivity contribution >= 4 is 29.3 Å². The van der Waals surface area contributed by atoms with Gasteiger partial charge in [0.25, 0.3) is 0 Å². The van der Waals surface area contributed by atoms with Crippen molar-refractivity contribution in [3.05, 3.63) is 59.7 Å². The number of nitrogens with one attached hydrogen (secondary N) is 1. The van der Waals surface area contributed by atoms with Gasteiger partial charge in [-0.15, -0.1) is 11.8 Å². The summed E-state index contributed by atoms with van der Waals surface area (Å²) < 4.78 is 5.50. The predicted molar refractivity (Wildman–Crippen MR) is 118 cm³/mol. The smallest absolute Gasteiger partial charge is 0.234 e. The molecule has 3 rings (SSSR count). The number of thioether (sulfide) groups is 1. The van der Waals surface area contributed by atoms with Crippen molar-refractivity contribution in [3.63, 3.8) is 0 Å². The lowest BCUT2D eigenvalue weighted by molar-refractivity contribution is -0.129. The quantitative estimate of drug-likeness (QED) is 0.697. The van der Waals surface area contributed by atoms with Gasteiger partial charge in [-0.3, -0.25) is 9.59 Å². The second-order valence-electron chi connectivity index (χ2n) is 7.15. The molecule has 0 spiro atoms. The van der Waals surface area contributed by atoms with Crippen LogP contribution in [-0.4, -0.2) is 41.4 Å². The van der Waals surface area contributed by atoms with Gasteiger partial charge in [0.2, 0.25) is 11.8 Å². The molecule has 2 aromatic rings. The SMILES string of the molecule is CCOc1ccc(C2CCCN2C(=O)CSCC(=O)Nc2ccc(C)cc2)cc1. The highest BCUT2D eigenvalue weighted by molar-refractivity contribution is 8.00. The Morgan fingerprint density at radius 3 is 2.52 bits per heavy atom. The van der Waals surface area contributed by atoms with E-state index in [1.165, 1.54) is 11.8 Å². The number of hydrogen-bond acceptors (Lipinski definition) is 4. The van der Waals surface area contributed by atoms with Gasteiger partial charge in [0, 0.05) is 12.2 Å². The standard InChI is InChI=1S/C23H28N2O3S/c1-3-28-20-12-8-18(9-13-20)21-5-4-14-25(21)23(27)16-29-15-22(26)24-19-10-6-17(2)7-11-19/h6-13,21H,3-5,14-16H2,1-2H3,(H,24,26). The molecule has 1 fully saturated rings. The van der Waals surface area contributed by atoms with Crippen LogP contribution < -0.4 is 10.1 Å². The Kier molecular flexibility index (Phi) is 7.58. The van der Waals surface area contributed by atoms with Gasteiger partial charge in [0.1, 0.15) is 5.75 Å². The average Bonchev–Trinajstić information content (AvgIpc) is 3.20. The van der Waals surface area contributed by atoms with Crippen LogP contribution in [0.15, 0.2) is 48.5 Å². The van der Waals surface area contributed by atoms with Crippen molar-refractivity contribution in [1.82, 2.24) is 4.90 Å². The zero-order valence-electron chi connectivity index (χ0n) is 17.0. The zero-order valence-corrected chi connectivity index (χ0v) is 17.8. The third kappa shape index (κ3) is 6.00. The molecule has 1 heterocycles. The van der Waals surface area contributed by atoms with Gasteiger partial charge in [-0.1, -0.05) is 29.8 Å². The zero-order chi connectivity index (χ0) is 20.6. The van der Waals surface area contributed by atoms with Gasteiger partial charge in [0.05, 0.1) is 24.2 Å². The fourth-order valence-electron chi connectivity index (χ4n) is 3.51. The van der Waals surface area contributed by atoms with E-state index in [9.17, 15) is 9.59 Å². The van der Waals surface area contributed by atoms with Crippen LogP contribution in [0.5, 0.6) is 5.75 Å². The molecule has 29 heavy (non-hydrogen) atoms. The molecule has 1 unspecified atom stereocenters. The number of nitrogens with zero attached hydrogens (tertiary/aromatic N) is 1. The molecule has 0 bridgehead atoms. The second-order valence-corrected chi connectivity index (χ2v) is 8.14. The topological polar surface area (TPSA) is 58.6 Å². The third-order valence-corrected chi connectivity index (χ3v) is 5.86. The summed E-state index contributed by atoms with van der Waals surface area (Å²) in [6, 6.07) is 15.8. The molecule has 0 radical (unpaired) electrons. The van der Waals surface area contributed by atoms with Gasteiger partial charge < -0.3 is 15.0 Å². The van der Waals surface area contributed by atoms with E-state index in [0.29, 0.717) is 12.4 Å². The molecule has 0 aromatic heterocycles. The maximum Gasteiger partial charge on any atom is 0.234 e. The number of anilines is 1. The van der Waals surface area contributed by atoms with E-state index in [4.69, 9.17) is 4.74 Å². The molecule has 0 aliphatic carbocycles. The van der Waals surface area contributed by atoms with E-state index in [1.807, 2.05) is 67.3 Å². The average molecular weight is 413 g/mol. The number of carbonyl (C=O) groups is 2. The number of hydrogen-bond donors (Lipinski definition) is 1. The van der Waals surface area contributed by atoms with Gasteiger partial charge in [-0.25, -0.2) is 0 Å². The molecule has 1 atom stereocenters. The molecular weight excluding hydrogens is 384 g/mol. The summed E-state index contributed by atoms with van der Waals surface area (Å²) in [5.41, 5.74) is 3.07. The lowest BCUT2D eigenvalue weighted by atomic mass is 10.0. The van der Waals surface area contributed by atoms with Crippen molar-refractivity contribution in [3.8, 4) is 5.75 Å². The molecule has 2 aromatic carbocycles. The first kappa shape index (κ1) is 21.2. The van der Waals surface area contributed by atoms with Gasteiger partial charge in [-0.05, 0) is 56.5 Å². The second kappa shape index (κ2) is 10.3. The maximum absolute atomic E-state index is 12.7. The normalized spacial score (nSPS) is 15.9. The first-order valence-electron chi connectivity index (χ1n) is 10.0. The van der Waals surface area contributed by atoms with Crippen LogP contribution in [-0.2, 0) is 9.59 Å². The number of ether oxygens (including phenoxy) is 1. The van der Waals surface area contributed by atoms with E-state index in [-0.39, 0.29) is 23.6 Å². The summed E-state index contributed by atoms with van der Waals surface area (Å²) in [5, 5.41) is 2.87. The van der Waals surface area contributed by atoms with Crippen LogP contribution >= 0.6 is 11.8 Å². The minimum Gasteiger partial charge on any atom is -0.494 e.